The fourth-order valence-electron chi connectivity index (χ4n) is 1.99. The van der Waals surface area contributed by atoms with Crippen molar-refractivity contribution in [2.75, 3.05) is 19.8 Å². The lowest BCUT2D eigenvalue weighted by atomic mass is 10.1. The number of amides is 1. The van der Waals surface area contributed by atoms with Crippen molar-refractivity contribution in [1.82, 2.24) is 4.90 Å². The number of rotatable bonds is 1. The highest BCUT2D eigenvalue weighted by atomic mass is 19.1. The van der Waals surface area contributed by atoms with Gasteiger partial charge in [0.05, 0.1) is 12.2 Å². The zero-order valence-corrected chi connectivity index (χ0v) is 9.86. The SMILES string of the molecule is CC1CCOCCN1C(=O)c1ccccc1F. The van der Waals surface area contributed by atoms with Gasteiger partial charge in [-0.1, -0.05) is 12.1 Å². The number of carbonyl (C=O) groups excluding carboxylic acids is 1. The Kier molecular flexibility index (Phi) is 3.74. The molecule has 1 fully saturated rings. The Balaban J connectivity index is 2.21. The number of nitrogens with zero attached hydrogens (tertiary/aromatic N) is 1. The average molecular weight is 237 g/mol. The van der Waals surface area contributed by atoms with Crippen molar-refractivity contribution in [3.05, 3.63) is 35.6 Å². The van der Waals surface area contributed by atoms with Crippen molar-refractivity contribution in [3.8, 4) is 0 Å². The number of hydrogen-bond donors (Lipinski definition) is 0. The van der Waals surface area contributed by atoms with Crippen LogP contribution in [0.1, 0.15) is 23.7 Å². The van der Waals surface area contributed by atoms with Gasteiger partial charge in [0.15, 0.2) is 0 Å². The minimum absolute atomic E-state index is 0.0876. The monoisotopic (exact) mass is 237 g/mol. The van der Waals surface area contributed by atoms with Crippen LogP contribution in [0.25, 0.3) is 0 Å². The Bertz CT molecular complexity index is 408. The number of carbonyl (C=O) groups is 1. The molecular formula is C13H16FNO2. The molecular weight excluding hydrogens is 221 g/mol. The van der Waals surface area contributed by atoms with E-state index in [1.807, 2.05) is 6.92 Å². The average Bonchev–Trinajstić information content (AvgIpc) is 2.54. The Hall–Kier alpha value is -1.42. The van der Waals surface area contributed by atoms with Crippen molar-refractivity contribution < 1.29 is 13.9 Å². The molecule has 0 saturated carbocycles. The highest BCUT2D eigenvalue weighted by Crippen LogP contribution is 2.15. The van der Waals surface area contributed by atoms with E-state index in [1.165, 1.54) is 12.1 Å². The summed E-state index contributed by atoms with van der Waals surface area (Å²) in [6.07, 6.45) is 0.792. The zero-order valence-electron chi connectivity index (χ0n) is 9.86. The first-order valence-corrected chi connectivity index (χ1v) is 5.83. The van der Waals surface area contributed by atoms with Crippen molar-refractivity contribution >= 4 is 5.91 Å². The molecule has 1 saturated heterocycles. The molecule has 4 heteroatoms. The second kappa shape index (κ2) is 5.27. The molecule has 1 amide bonds. The molecule has 0 radical (unpaired) electrons. The predicted octanol–water partition coefficient (Wildman–Crippen LogP) is 2.08. The maximum Gasteiger partial charge on any atom is 0.257 e. The minimum Gasteiger partial charge on any atom is -0.380 e. The second-order valence-corrected chi connectivity index (χ2v) is 4.23. The number of benzene rings is 1. The third-order valence-electron chi connectivity index (χ3n) is 3.05. The molecule has 1 aromatic carbocycles. The number of hydrogen-bond acceptors (Lipinski definition) is 2. The van der Waals surface area contributed by atoms with Crippen molar-refractivity contribution in [2.45, 2.75) is 19.4 Å². The topological polar surface area (TPSA) is 29.5 Å². The van der Waals surface area contributed by atoms with E-state index in [0.29, 0.717) is 19.8 Å². The van der Waals surface area contributed by atoms with Crippen LogP contribution in [0.4, 0.5) is 4.39 Å². The van der Waals surface area contributed by atoms with Crippen LogP contribution in [0.5, 0.6) is 0 Å². The largest absolute Gasteiger partial charge is 0.380 e. The van der Waals surface area contributed by atoms with Crippen molar-refractivity contribution in [1.29, 1.82) is 0 Å². The molecule has 1 heterocycles. The van der Waals surface area contributed by atoms with Crippen LogP contribution in [0.3, 0.4) is 0 Å². The van der Waals surface area contributed by atoms with Gasteiger partial charge in [-0.2, -0.15) is 0 Å². The van der Waals surface area contributed by atoms with Crippen LogP contribution in [0, 0.1) is 5.82 Å². The fourth-order valence-corrected chi connectivity index (χ4v) is 1.99. The third-order valence-corrected chi connectivity index (χ3v) is 3.05. The molecule has 0 N–H and O–H groups in total. The van der Waals surface area contributed by atoms with Gasteiger partial charge < -0.3 is 9.64 Å². The van der Waals surface area contributed by atoms with Gasteiger partial charge in [0, 0.05) is 19.2 Å². The summed E-state index contributed by atoms with van der Waals surface area (Å²) < 4.78 is 18.9. The lowest BCUT2D eigenvalue weighted by Gasteiger charge is -2.26. The van der Waals surface area contributed by atoms with Gasteiger partial charge in [0.25, 0.3) is 5.91 Å². The van der Waals surface area contributed by atoms with Gasteiger partial charge in [-0.15, -0.1) is 0 Å². The third kappa shape index (κ3) is 2.64. The molecule has 17 heavy (non-hydrogen) atoms. The molecule has 1 aliphatic heterocycles. The van der Waals surface area contributed by atoms with E-state index >= 15 is 0 Å². The van der Waals surface area contributed by atoms with E-state index < -0.39 is 5.82 Å². The van der Waals surface area contributed by atoms with Crippen LogP contribution in [-0.4, -0.2) is 36.6 Å². The molecule has 1 unspecified atom stereocenters. The van der Waals surface area contributed by atoms with Crippen molar-refractivity contribution in [2.24, 2.45) is 0 Å². The summed E-state index contributed by atoms with van der Waals surface area (Å²) >= 11 is 0. The summed E-state index contributed by atoms with van der Waals surface area (Å²) in [5, 5.41) is 0. The molecule has 2 rings (SSSR count). The Labute approximate surface area is 100 Å². The summed E-state index contributed by atoms with van der Waals surface area (Å²) in [6, 6.07) is 6.18. The van der Waals surface area contributed by atoms with E-state index in [-0.39, 0.29) is 17.5 Å². The van der Waals surface area contributed by atoms with Gasteiger partial charge in [-0.05, 0) is 25.5 Å². The molecule has 0 spiro atoms. The van der Waals surface area contributed by atoms with E-state index in [9.17, 15) is 9.18 Å². The maximum atomic E-state index is 13.5. The van der Waals surface area contributed by atoms with Crippen LogP contribution in [0.15, 0.2) is 24.3 Å². The lowest BCUT2D eigenvalue weighted by Crippen LogP contribution is -2.39. The predicted molar refractivity (Wildman–Crippen MR) is 62.3 cm³/mol. The van der Waals surface area contributed by atoms with Crippen LogP contribution >= 0.6 is 0 Å². The first kappa shape index (κ1) is 12.0. The van der Waals surface area contributed by atoms with Gasteiger partial charge in [-0.3, -0.25) is 4.79 Å². The molecule has 1 atom stereocenters. The first-order valence-electron chi connectivity index (χ1n) is 5.83. The Morgan fingerprint density at radius 1 is 1.41 bits per heavy atom. The lowest BCUT2D eigenvalue weighted by molar-refractivity contribution is 0.0682. The van der Waals surface area contributed by atoms with E-state index in [1.54, 1.807) is 17.0 Å². The Morgan fingerprint density at radius 3 is 2.94 bits per heavy atom. The summed E-state index contributed by atoms with van der Waals surface area (Å²) in [7, 11) is 0. The van der Waals surface area contributed by atoms with Gasteiger partial charge >= 0.3 is 0 Å². The summed E-state index contributed by atoms with van der Waals surface area (Å²) in [5.41, 5.74) is 0.140. The standard InChI is InChI=1S/C13H16FNO2/c1-10-6-8-17-9-7-15(10)13(16)11-4-2-3-5-12(11)14/h2-5,10H,6-9H2,1H3. The quantitative estimate of drug-likeness (QED) is 0.748. The second-order valence-electron chi connectivity index (χ2n) is 4.23. The molecule has 1 aliphatic rings. The smallest absolute Gasteiger partial charge is 0.257 e. The number of ether oxygens (including phenoxy) is 1. The van der Waals surface area contributed by atoms with Gasteiger partial charge in [0.1, 0.15) is 5.82 Å². The van der Waals surface area contributed by atoms with Crippen LogP contribution in [-0.2, 0) is 4.74 Å². The van der Waals surface area contributed by atoms with E-state index in [4.69, 9.17) is 4.74 Å². The fraction of sp³-hybridized carbons (Fsp3) is 0.462. The molecule has 92 valence electrons. The highest BCUT2D eigenvalue weighted by molar-refractivity contribution is 5.94. The normalized spacial score (nSPS) is 21.1. The van der Waals surface area contributed by atoms with Crippen LogP contribution < -0.4 is 0 Å². The molecule has 1 aromatic rings. The molecule has 0 aromatic heterocycles. The summed E-state index contributed by atoms with van der Waals surface area (Å²) in [5.74, 6) is -0.712. The molecule has 0 aliphatic carbocycles. The number of halogens is 1. The summed E-state index contributed by atoms with van der Waals surface area (Å²) in [4.78, 5) is 13.9. The zero-order chi connectivity index (χ0) is 12.3. The van der Waals surface area contributed by atoms with Gasteiger partial charge in [0.2, 0.25) is 0 Å². The molecule has 0 bridgehead atoms. The van der Waals surface area contributed by atoms with Gasteiger partial charge in [-0.25, -0.2) is 4.39 Å². The van der Waals surface area contributed by atoms with Crippen molar-refractivity contribution in [3.63, 3.8) is 0 Å². The Morgan fingerprint density at radius 2 is 2.18 bits per heavy atom. The van der Waals surface area contributed by atoms with Crippen LogP contribution in [0.2, 0.25) is 0 Å². The first-order chi connectivity index (χ1) is 8.20. The minimum atomic E-state index is -0.463. The highest BCUT2D eigenvalue weighted by Gasteiger charge is 2.24. The van der Waals surface area contributed by atoms with E-state index in [2.05, 4.69) is 0 Å². The maximum absolute atomic E-state index is 13.5. The van der Waals surface area contributed by atoms with E-state index in [0.717, 1.165) is 6.42 Å². The molecule has 3 nitrogen and oxygen atoms in total. The summed E-state index contributed by atoms with van der Waals surface area (Å²) in [6.45, 7) is 3.66.